The molecule has 0 atom stereocenters. The number of hydrogen-bond acceptors (Lipinski definition) is 6. The van der Waals surface area contributed by atoms with Gasteiger partial charge in [-0.3, -0.25) is 4.72 Å². The van der Waals surface area contributed by atoms with Crippen LogP contribution in [0.25, 0.3) is 0 Å². The van der Waals surface area contributed by atoms with Crippen molar-refractivity contribution in [3.05, 3.63) is 54.1 Å². The van der Waals surface area contributed by atoms with Gasteiger partial charge in [0.2, 0.25) is 30.1 Å². The summed E-state index contributed by atoms with van der Waals surface area (Å²) >= 11 is 0. The summed E-state index contributed by atoms with van der Waals surface area (Å²) in [5.74, 6) is 0. The van der Waals surface area contributed by atoms with E-state index in [0.717, 1.165) is 11.8 Å². The van der Waals surface area contributed by atoms with Crippen LogP contribution in [0.4, 0.5) is 5.69 Å². The Morgan fingerprint density at radius 1 is 0.679 bits per heavy atom. The molecule has 0 aromatic heterocycles. The van der Waals surface area contributed by atoms with E-state index in [4.69, 9.17) is 0 Å². The molecule has 0 heterocycles. The van der Waals surface area contributed by atoms with E-state index in [1.54, 1.807) is 12.1 Å². The molecule has 12 heteroatoms. The van der Waals surface area contributed by atoms with Gasteiger partial charge in [-0.25, -0.2) is 34.7 Å². The van der Waals surface area contributed by atoms with E-state index in [9.17, 15) is 25.3 Å². The molecule has 9 nitrogen and oxygen atoms in total. The van der Waals surface area contributed by atoms with E-state index in [-0.39, 0.29) is 28.6 Å². The second-order valence-electron chi connectivity index (χ2n) is 6.01. The predicted octanol–water partition coefficient (Wildman–Crippen LogP) is 0.623. The third kappa shape index (κ3) is 6.56. The number of benzene rings is 2. The Balaban J connectivity index is 1.93. The average Bonchev–Trinajstić information content (AvgIpc) is 2.58. The van der Waals surface area contributed by atoms with Crippen LogP contribution in [0.3, 0.4) is 0 Å². The lowest BCUT2D eigenvalue weighted by Gasteiger charge is -2.10. The number of sulfonamides is 3. The molecule has 0 saturated heterocycles. The van der Waals surface area contributed by atoms with Crippen molar-refractivity contribution in [3.63, 3.8) is 0 Å². The minimum atomic E-state index is -3.87. The summed E-state index contributed by atoms with van der Waals surface area (Å²) in [4.78, 5) is 0.0165. The number of aryl methyl sites for hydroxylation is 1. The second-order valence-corrected chi connectivity index (χ2v) is 11.3. The molecule has 28 heavy (non-hydrogen) atoms. The molecule has 0 radical (unpaired) electrons. The van der Waals surface area contributed by atoms with Crippen molar-refractivity contribution in [2.45, 2.75) is 16.7 Å². The van der Waals surface area contributed by atoms with Crippen LogP contribution in [-0.4, -0.2) is 44.6 Å². The first-order valence-electron chi connectivity index (χ1n) is 8.03. The van der Waals surface area contributed by atoms with E-state index in [0.29, 0.717) is 0 Å². The van der Waals surface area contributed by atoms with Crippen LogP contribution in [0.5, 0.6) is 0 Å². The largest absolute Gasteiger partial charge is 0.284 e. The van der Waals surface area contributed by atoms with Gasteiger partial charge in [-0.05, 0) is 43.3 Å². The molecule has 0 saturated carbocycles. The van der Waals surface area contributed by atoms with Crippen LogP contribution in [0.15, 0.2) is 58.3 Å². The van der Waals surface area contributed by atoms with Gasteiger partial charge in [-0.15, -0.1) is 0 Å². The summed E-state index contributed by atoms with van der Waals surface area (Å²) in [5, 5.41) is 0. The summed E-state index contributed by atoms with van der Waals surface area (Å²) in [6.07, 6.45) is 0.983. The number of nitrogens with one attached hydrogen (secondary N) is 3. The molecule has 2 aromatic carbocycles. The zero-order valence-corrected chi connectivity index (χ0v) is 17.7. The smallest absolute Gasteiger partial charge is 0.240 e. The fraction of sp³-hybridized carbons (Fsp3) is 0.250. The standard InChI is InChI=1S/C16H21N3O6S3/c1-13-3-7-15(8-4-13)27(22,23)17-11-12-18-28(24,25)16-9-5-14(6-10-16)19-26(2,20)21/h3-10,17-19H,11-12H2,1-2H3. The molecular weight excluding hydrogens is 426 g/mol. The molecule has 0 aliphatic heterocycles. The summed E-state index contributed by atoms with van der Waals surface area (Å²) in [6, 6.07) is 11.4. The first-order chi connectivity index (χ1) is 12.9. The van der Waals surface area contributed by atoms with Gasteiger partial charge in [0.05, 0.1) is 16.0 Å². The van der Waals surface area contributed by atoms with Crippen molar-refractivity contribution in [2.24, 2.45) is 0 Å². The van der Waals surface area contributed by atoms with E-state index in [1.165, 1.54) is 36.4 Å². The summed E-state index contributed by atoms with van der Waals surface area (Å²) in [6.45, 7) is 1.54. The lowest BCUT2D eigenvalue weighted by Crippen LogP contribution is -2.34. The van der Waals surface area contributed by atoms with Crippen LogP contribution in [0, 0.1) is 6.92 Å². The quantitative estimate of drug-likeness (QED) is 0.482. The predicted molar refractivity (Wildman–Crippen MR) is 106 cm³/mol. The maximum atomic E-state index is 12.2. The molecule has 2 rings (SSSR count). The van der Waals surface area contributed by atoms with Gasteiger partial charge < -0.3 is 0 Å². The van der Waals surface area contributed by atoms with Crippen molar-refractivity contribution in [2.75, 3.05) is 24.1 Å². The molecule has 0 amide bonds. The molecular formula is C16H21N3O6S3. The normalized spacial score (nSPS) is 12.6. The molecule has 0 spiro atoms. The Kier molecular flexibility index (Phi) is 6.83. The third-order valence-electron chi connectivity index (χ3n) is 3.51. The highest BCUT2D eigenvalue weighted by Gasteiger charge is 2.16. The average molecular weight is 448 g/mol. The summed E-state index contributed by atoms with van der Waals surface area (Å²) in [7, 11) is -11.1. The molecule has 0 bridgehead atoms. The molecule has 0 unspecified atom stereocenters. The van der Waals surface area contributed by atoms with E-state index in [2.05, 4.69) is 14.2 Å². The SMILES string of the molecule is Cc1ccc(S(=O)(=O)NCCNS(=O)(=O)c2ccc(NS(C)(=O)=O)cc2)cc1. The first-order valence-corrected chi connectivity index (χ1v) is 12.9. The lowest BCUT2D eigenvalue weighted by molar-refractivity contribution is 0.570. The Labute approximate surface area is 165 Å². The molecule has 2 aromatic rings. The highest BCUT2D eigenvalue weighted by Crippen LogP contribution is 2.15. The second kappa shape index (κ2) is 8.57. The van der Waals surface area contributed by atoms with Crippen molar-refractivity contribution < 1.29 is 25.3 Å². The van der Waals surface area contributed by atoms with Crippen LogP contribution in [-0.2, 0) is 30.1 Å². The van der Waals surface area contributed by atoms with Gasteiger partial charge in [-0.1, -0.05) is 17.7 Å². The van der Waals surface area contributed by atoms with E-state index >= 15 is 0 Å². The number of hydrogen-bond donors (Lipinski definition) is 3. The van der Waals surface area contributed by atoms with Gasteiger partial charge in [0.1, 0.15) is 0 Å². The summed E-state index contributed by atoms with van der Waals surface area (Å²) < 4.78 is 77.9. The van der Waals surface area contributed by atoms with Crippen LogP contribution < -0.4 is 14.2 Å². The van der Waals surface area contributed by atoms with E-state index < -0.39 is 30.1 Å². The Hall–Kier alpha value is -1.99. The van der Waals surface area contributed by atoms with Crippen molar-refractivity contribution in [3.8, 4) is 0 Å². The Morgan fingerprint density at radius 3 is 1.46 bits per heavy atom. The minimum absolute atomic E-state index is 0.0760. The van der Waals surface area contributed by atoms with Crippen molar-refractivity contribution in [1.82, 2.24) is 9.44 Å². The summed E-state index contributed by atoms with van der Waals surface area (Å²) in [5.41, 5.74) is 1.15. The van der Waals surface area contributed by atoms with Gasteiger partial charge >= 0.3 is 0 Å². The number of rotatable bonds is 9. The lowest BCUT2D eigenvalue weighted by atomic mass is 10.2. The van der Waals surface area contributed by atoms with Crippen LogP contribution in [0.2, 0.25) is 0 Å². The zero-order chi connectivity index (χ0) is 21.0. The van der Waals surface area contributed by atoms with E-state index in [1.807, 2.05) is 6.92 Å². The maximum Gasteiger partial charge on any atom is 0.240 e. The zero-order valence-electron chi connectivity index (χ0n) is 15.2. The van der Waals surface area contributed by atoms with Gasteiger partial charge in [-0.2, -0.15) is 0 Å². The minimum Gasteiger partial charge on any atom is -0.284 e. The fourth-order valence-corrected chi connectivity index (χ4v) is 4.80. The highest BCUT2D eigenvalue weighted by atomic mass is 32.2. The van der Waals surface area contributed by atoms with Gasteiger partial charge in [0, 0.05) is 18.8 Å². The van der Waals surface area contributed by atoms with Gasteiger partial charge in [0.25, 0.3) is 0 Å². The first kappa shape index (κ1) is 22.3. The van der Waals surface area contributed by atoms with Crippen molar-refractivity contribution >= 4 is 35.8 Å². The van der Waals surface area contributed by atoms with Gasteiger partial charge in [0.15, 0.2) is 0 Å². The third-order valence-corrected chi connectivity index (χ3v) is 7.07. The maximum absolute atomic E-state index is 12.2. The fourth-order valence-electron chi connectivity index (χ4n) is 2.17. The Morgan fingerprint density at radius 2 is 1.07 bits per heavy atom. The molecule has 0 aliphatic carbocycles. The molecule has 3 N–H and O–H groups in total. The van der Waals surface area contributed by atoms with Crippen LogP contribution >= 0.6 is 0 Å². The van der Waals surface area contributed by atoms with Crippen LogP contribution in [0.1, 0.15) is 5.56 Å². The number of anilines is 1. The Bertz CT molecular complexity index is 1130. The highest BCUT2D eigenvalue weighted by molar-refractivity contribution is 7.92. The van der Waals surface area contributed by atoms with Crippen molar-refractivity contribution in [1.29, 1.82) is 0 Å². The monoisotopic (exact) mass is 447 g/mol. The molecule has 154 valence electrons. The topological polar surface area (TPSA) is 139 Å². The molecule has 0 fully saturated rings. The molecule has 0 aliphatic rings.